The summed E-state index contributed by atoms with van der Waals surface area (Å²) >= 11 is 0.850. The van der Waals surface area contributed by atoms with Gasteiger partial charge in [-0.1, -0.05) is 17.8 Å². The molecule has 0 fully saturated rings. The van der Waals surface area contributed by atoms with Crippen LogP contribution in [0.3, 0.4) is 0 Å². The van der Waals surface area contributed by atoms with Gasteiger partial charge >= 0.3 is 0 Å². The fourth-order valence-corrected chi connectivity index (χ4v) is 2.93. The molecule has 3 aromatic rings. The minimum Gasteiger partial charge on any atom is -0.323 e. The molecule has 0 aliphatic carbocycles. The van der Waals surface area contributed by atoms with Crippen LogP contribution in [0.2, 0.25) is 0 Å². The van der Waals surface area contributed by atoms with Gasteiger partial charge in [-0.2, -0.15) is 0 Å². The maximum atomic E-state index is 13.6. The van der Waals surface area contributed by atoms with Crippen LogP contribution >= 0.6 is 11.8 Å². The topological polar surface area (TPSA) is 64.0 Å². The molecular weight excluding hydrogens is 379 g/mol. The van der Waals surface area contributed by atoms with Gasteiger partial charge in [0, 0.05) is 18.5 Å². The minimum absolute atomic E-state index is 0.0245. The first-order valence-corrected chi connectivity index (χ1v) is 8.64. The number of halogens is 3. The third-order valence-corrected chi connectivity index (χ3v) is 4.40. The Hall–Kier alpha value is -3.07. The molecule has 0 unspecified atom stereocenters. The molecule has 3 rings (SSSR count). The number of anilines is 1. The number of nitrogens with zero attached hydrogens (tertiary/aromatic N) is 2. The van der Waals surface area contributed by atoms with Crippen molar-refractivity contribution < 1.29 is 18.0 Å². The van der Waals surface area contributed by atoms with E-state index in [0.29, 0.717) is 11.8 Å². The van der Waals surface area contributed by atoms with Crippen molar-refractivity contribution in [3.05, 3.63) is 82.7 Å². The van der Waals surface area contributed by atoms with E-state index in [-0.39, 0.29) is 16.5 Å². The van der Waals surface area contributed by atoms with Gasteiger partial charge in [0.15, 0.2) is 5.03 Å². The molecule has 27 heavy (non-hydrogen) atoms. The molecular formula is C18H12F3N3O2S. The normalized spacial score (nSPS) is 10.6. The molecule has 0 atom stereocenters. The van der Waals surface area contributed by atoms with E-state index in [0.717, 1.165) is 23.9 Å². The van der Waals surface area contributed by atoms with E-state index in [2.05, 4.69) is 10.3 Å². The Morgan fingerprint density at radius 3 is 2.63 bits per heavy atom. The van der Waals surface area contributed by atoms with Crippen LogP contribution in [0.15, 0.2) is 64.7 Å². The number of nitrogens with one attached hydrogen (secondary N) is 1. The van der Waals surface area contributed by atoms with Crippen LogP contribution in [0.1, 0.15) is 0 Å². The maximum Gasteiger partial charge on any atom is 0.287 e. The molecule has 138 valence electrons. The molecule has 0 saturated heterocycles. The number of rotatable bonds is 5. The van der Waals surface area contributed by atoms with E-state index >= 15 is 0 Å². The highest BCUT2D eigenvalue weighted by Gasteiger charge is 2.12. The van der Waals surface area contributed by atoms with Gasteiger partial charge in [-0.05, 0) is 30.3 Å². The monoisotopic (exact) mass is 391 g/mol. The van der Waals surface area contributed by atoms with E-state index in [1.165, 1.54) is 35.2 Å². The first-order valence-electron chi connectivity index (χ1n) is 7.65. The zero-order valence-electron chi connectivity index (χ0n) is 13.7. The number of benzene rings is 2. The van der Waals surface area contributed by atoms with Crippen LogP contribution in [-0.4, -0.2) is 21.2 Å². The summed E-state index contributed by atoms with van der Waals surface area (Å²) in [7, 11) is 0. The van der Waals surface area contributed by atoms with Crippen molar-refractivity contribution in [1.29, 1.82) is 0 Å². The van der Waals surface area contributed by atoms with Gasteiger partial charge in [0.1, 0.15) is 17.5 Å². The molecule has 5 nitrogen and oxygen atoms in total. The average Bonchev–Trinajstić information content (AvgIpc) is 2.63. The van der Waals surface area contributed by atoms with Crippen LogP contribution in [0.4, 0.5) is 18.9 Å². The first kappa shape index (κ1) is 18.7. The largest absolute Gasteiger partial charge is 0.323 e. The fraction of sp³-hybridized carbons (Fsp3) is 0.0556. The predicted octanol–water partition coefficient (Wildman–Crippen LogP) is 3.38. The fourth-order valence-electron chi connectivity index (χ4n) is 2.23. The van der Waals surface area contributed by atoms with E-state index < -0.39 is 28.9 Å². The smallest absolute Gasteiger partial charge is 0.287 e. The number of hydrogen-bond acceptors (Lipinski definition) is 4. The van der Waals surface area contributed by atoms with E-state index in [1.54, 1.807) is 6.07 Å². The van der Waals surface area contributed by atoms with Gasteiger partial charge in [-0.25, -0.2) is 18.2 Å². The van der Waals surface area contributed by atoms with Crippen molar-refractivity contribution in [3.8, 4) is 5.69 Å². The molecule has 0 saturated carbocycles. The van der Waals surface area contributed by atoms with Crippen molar-refractivity contribution >= 4 is 23.4 Å². The van der Waals surface area contributed by atoms with Crippen LogP contribution in [0, 0.1) is 17.5 Å². The lowest BCUT2D eigenvalue weighted by Gasteiger charge is -2.08. The van der Waals surface area contributed by atoms with Crippen molar-refractivity contribution in [3.63, 3.8) is 0 Å². The van der Waals surface area contributed by atoms with Crippen LogP contribution in [0.5, 0.6) is 0 Å². The summed E-state index contributed by atoms with van der Waals surface area (Å²) in [5.41, 5.74) is -0.365. The number of aromatic nitrogens is 2. The zero-order chi connectivity index (χ0) is 19.4. The third-order valence-electron chi connectivity index (χ3n) is 3.44. The average molecular weight is 391 g/mol. The molecule has 0 aliphatic heterocycles. The van der Waals surface area contributed by atoms with Gasteiger partial charge in [0.2, 0.25) is 5.91 Å². The minimum atomic E-state index is -0.903. The Labute approximate surface area is 155 Å². The van der Waals surface area contributed by atoms with Gasteiger partial charge in [0.05, 0.1) is 17.1 Å². The molecule has 2 aromatic carbocycles. The molecule has 1 aromatic heterocycles. The molecule has 1 N–H and O–H groups in total. The second kappa shape index (κ2) is 8.09. The molecule has 0 radical (unpaired) electrons. The quantitative estimate of drug-likeness (QED) is 0.678. The Morgan fingerprint density at radius 1 is 1.11 bits per heavy atom. The van der Waals surface area contributed by atoms with E-state index in [4.69, 9.17) is 0 Å². The van der Waals surface area contributed by atoms with Gasteiger partial charge < -0.3 is 5.32 Å². The summed E-state index contributed by atoms with van der Waals surface area (Å²) in [5.74, 6) is -2.96. The first-order chi connectivity index (χ1) is 12.9. The van der Waals surface area contributed by atoms with Crippen LogP contribution in [0.25, 0.3) is 5.69 Å². The summed E-state index contributed by atoms with van der Waals surface area (Å²) < 4.78 is 41.0. The number of carbonyl (C=O) groups excluding carboxylic acids is 1. The second-order valence-electron chi connectivity index (χ2n) is 5.35. The standard InChI is InChI=1S/C18H12F3N3O2S/c19-11-2-1-3-13(8-11)24-7-6-22-17(18(24)26)27-10-16(25)23-15-5-4-12(20)9-14(15)21/h1-9H,10H2,(H,23,25). The van der Waals surface area contributed by atoms with Crippen molar-refractivity contribution in [2.75, 3.05) is 11.1 Å². The highest BCUT2D eigenvalue weighted by Crippen LogP contribution is 2.17. The molecule has 0 bridgehead atoms. The van der Waals surface area contributed by atoms with Gasteiger partial charge in [0.25, 0.3) is 5.56 Å². The second-order valence-corrected chi connectivity index (χ2v) is 6.31. The molecule has 0 spiro atoms. The zero-order valence-corrected chi connectivity index (χ0v) is 14.5. The van der Waals surface area contributed by atoms with Gasteiger partial charge in [-0.15, -0.1) is 0 Å². The predicted molar refractivity (Wildman–Crippen MR) is 95.5 cm³/mol. The summed E-state index contributed by atoms with van der Waals surface area (Å²) in [6.45, 7) is 0. The lowest BCUT2D eigenvalue weighted by Crippen LogP contribution is -2.22. The SMILES string of the molecule is O=C(CSc1nccn(-c2cccc(F)c2)c1=O)Nc1ccc(F)cc1F. The highest BCUT2D eigenvalue weighted by molar-refractivity contribution is 7.99. The molecule has 1 heterocycles. The Bertz CT molecular complexity index is 1060. The molecule has 1 amide bonds. The third kappa shape index (κ3) is 4.56. The maximum absolute atomic E-state index is 13.6. The molecule has 9 heteroatoms. The summed E-state index contributed by atoms with van der Waals surface area (Å²) in [5, 5.41) is 2.32. The molecule has 0 aliphatic rings. The summed E-state index contributed by atoms with van der Waals surface area (Å²) in [4.78, 5) is 28.3. The van der Waals surface area contributed by atoms with E-state index in [1.807, 2.05) is 0 Å². The lowest BCUT2D eigenvalue weighted by molar-refractivity contribution is -0.113. The lowest BCUT2D eigenvalue weighted by atomic mass is 10.3. The van der Waals surface area contributed by atoms with Crippen molar-refractivity contribution in [1.82, 2.24) is 9.55 Å². The highest BCUT2D eigenvalue weighted by atomic mass is 32.2. The Balaban J connectivity index is 1.72. The van der Waals surface area contributed by atoms with Gasteiger partial charge in [-0.3, -0.25) is 14.2 Å². The van der Waals surface area contributed by atoms with Crippen LogP contribution < -0.4 is 10.9 Å². The summed E-state index contributed by atoms with van der Waals surface area (Å²) in [6, 6.07) is 8.24. The number of hydrogen-bond donors (Lipinski definition) is 1. The van der Waals surface area contributed by atoms with Crippen molar-refractivity contribution in [2.45, 2.75) is 5.03 Å². The van der Waals surface area contributed by atoms with E-state index in [9.17, 15) is 22.8 Å². The Kier molecular flexibility index (Phi) is 5.60. The van der Waals surface area contributed by atoms with Crippen molar-refractivity contribution in [2.24, 2.45) is 0 Å². The summed E-state index contributed by atoms with van der Waals surface area (Å²) in [6.07, 6.45) is 2.74. The number of carbonyl (C=O) groups is 1. The number of amides is 1. The Morgan fingerprint density at radius 2 is 1.89 bits per heavy atom. The van der Waals surface area contributed by atoms with Crippen LogP contribution in [-0.2, 0) is 4.79 Å². The number of thioether (sulfide) groups is 1.